The molecule has 22 heavy (non-hydrogen) atoms. The second kappa shape index (κ2) is 6.95. The number of ketones is 1. The lowest BCUT2D eigenvalue weighted by Crippen LogP contribution is -2.47. The first-order valence-electron chi connectivity index (χ1n) is 7.53. The molecule has 0 aliphatic heterocycles. The summed E-state index contributed by atoms with van der Waals surface area (Å²) in [5.74, 6) is 0.333. The fraction of sp³-hybridized carbons (Fsp3) is 0.556. The maximum absolute atomic E-state index is 12.0. The molecular formula is C18H27NO3. The molecule has 0 aliphatic carbocycles. The van der Waals surface area contributed by atoms with E-state index in [9.17, 15) is 9.59 Å². The average Bonchev–Trinajstić information content (AvgIpc) is 2.33. The minimum absolute atomic E-state index is 0.0267. The van der Waals surface area contributed by atoms with Crippen molar-refractivity contribution in [3.63, 3.8) is 0 Å². The number of carbonyl (C=O) groups is 2. The average molecular weight is 305 g/mol. The summed E-state index contributed by atoms with van der Waals surface area (Å²) in [6.07, 6.45) is 0.867. The van der Waals surface area contributed by atoms with Gasteiger partial charge in [-0.25, -0.2) is 0 Å². The lowest BCUT2D eigenvalue weighted by Gasteiger charge is -2.33. The molecule has 0 atom stereocenters. The summed E-state index contributed by atoms with van der Waals surface area (Å²) in [5, 5.41) is 2.99. The van der Waals surface area contributed by atoms with Crippen molar-refractivity contribution < 1.29 is 14.3 Å². The molecule has 0 radical (unpaired) electrons. The van der Waals surface area contributed by atoms with Crippen LogP contribution in [0, 0.1) is 5.41 Å². The number of hydrogen-bond donors (Lipinski definition) is 1. The molecule has 122 valence electrons. The van der Waals surface area contributed by atoms with E-state index in [0.29, 0.717) is 11.3 Å². The molecule has 0 saturated carbocycles. The Kier molecular flexibility index (Phi) is 5.75. The first kappa shape index (κ1) is 18.2. The number of carbonyl (C=O) groups excluding carboxylic acids is 2. The number of nitrogens with one attached hydrogen (secondary N) is 1. The number of ether oxygens (including phenoxy) is 1. The third-order valence-corrected chi connectivity index (χ3v) is 3.06. The van der Waals surface area contributed by atoms with E-state index >= 15 is 0 Å². The molecule has 0 bridgehead atoms. The molecule has 1 aromatic carbocycles. The molecule has 1 aromatic rings. The largest absolute Gasteiger partial charge is 0.484 e. The molecule has 4 nitrogen and oxygen atoms in total. The van der Waals surface area contributed by atoms with Crippen molar-refractivity contribution in [2.45, 2.75) is 53.5 Å². The van der Waals surface area contributed by atoms with Crippen LogP contribution in [0.2, 0.25) is 0 Å². The fourth-order valence-electron chi connectivity index (χ4n) is 2.74. The Bertz CT molecular complexity index is 542. The topological polar surface area (TPSA) is 55.4 Å². The summed E-state index contributed by atoms with van der Waals surface area (Å²) in [7, 11) is 0. The van der Waals surface area contributed by atoms with E-state index in [4.69, 9.17) is 4.74 Å². The molecule has 0 heterocycles. The molecule has 0 spiro atoms. The van der Waals surface area contributed by atoms with Gasteiger partial charge in [0.15, 0.2) is 12.4 Å². The minimum atomic E-state index is -0.292. The van der Waals surface area contributed by atoms with Crippen LogP contribution < -0.4 is 10.1 Å². The van der Waals surface area contributed by atoms with Crippen molar-refractivity contribution in [2.75, 3.05) is 6.61 Å². The Hall–Kier alpha value is -1.84. The Balaban J connectivity index is 2.56. The molecule has 1 N–H and O–H groups in total. The normalized spacial score (nSPS) is 11.9. The van der Waals surface area contributed by atoms with Gasteiger partial charge in [-0.3, -0.25) is 9.59 Å². The second-order valence-corrected chi connectivity index (χ2v) is 7.54. The molecule has 0 aromatic heterocycles. The van der Waals surface area contributed by atoms with E-state index in [1.54, 1.807) is 24.3 Å². The molecule has 4 heteroatoms. The van der Waals surface area contributed by atoms with Crippen LogP contribution in [0.15, 0.2) is 24.3 Å². The number of benzene rings is 1. The monoisotopic (exact) mass is 305 g/mol. The predicted octanol–water partition coefficient (Wildman–Crippen LogP) is 3.60. The smallest absolute Gasteiger partial charge is 0.258 e. The lowest BCUT2D eigenvalue weighted by atomic mass is 9.82. The zero-order valence-electron chi connectivity index (χ0n) is 14.4. The van der Waals surface area contributed by atoms with Gasteiger partial charge in [-0.1, -0.05) is 32.9 Å². The van der Waals surface area contributed by atoms with Gasteiger partial charge in [-0.15, -0.1) is 0 Å². The highest BCUT2D eigenvalue weighted by molar-refractivity contribution is 5.94. The van der Waals surface area contributed by atoms with Crippen molar-refractivity contribution in [1.29, 1.82) is 0 Å². The third kappa shape index (κ3) is 6.74. The zero-order chi connectivity index (χ0) is 17.0. The van der Waals surface area contributed by atoms with Crippen molar-refractivity contribution in [1.82, 2.24) is 5.32 Å². The molecule has 0 saturated heterocycles. The predicted molar refractivity (Wildman–Crippen MR) is 88.2 cm³/mol. The number of amides is 1. The van der Waals surface area contributed by atoms with Crippen LogP contribution in [0.1, 0.15) is 58.3 Å². The summed E-state index contributed by atoms with van der Waals surface area (Å²) >= 11 is 0. The van der Waals surface area contributed by atoms with Gasteiger partial charge in [0.25, 0.3) is 5.91 Å². The summed E-state index contributed by atoms with van der Waals surface area (Å²) < 4.78 is 5.47. The highest BCUT2D eigenvalue weighted by Gasteiger charge is 2.27. The Morgan fingerprint density at radius 3 is 2.32 bits per heavy atom. The van der Waals surface area contributed by atoms with Gasteiger partial charge in [0.05, 0.1) is 0 Å². The number of Topliss-reactive ketones (excluding diaryl/α,β-unsaturated/α-hetero) is 1. The minimum Gasteiger partial charge on any atom is -0.484 e. The van der Waals surface area contributed by atoms with Gasteiger partial charge < -0.3 is 10.1 Å². The first-order chi connectivity index (χ1) is 9.98. The lowest BCUT2D eigenvalue weighted by molar-refractivity contribution is -0.125. The van der Waals surface area contributed by atoms with Crippen molar-refractivity contribution in [3.05, 3.63) is 29.8 Å². The Morgan fingerprint density at radius 1 is 1.14 bits per heavy atom. The van der Waals surface area contributed by atoms with Gasteiger partial charge in [0, 0.05) is 11.1 Å². The van der Waals surface area contributed by atoms with Crippen molar-refractivity contribution >= 4 is 11.7 Å². The highest BCUT2D eigenvalue weighted by atomic mass is 16.5. The van der Waals surface area contributed by atoms with Crippen molar-refractivity contribution in [3.8, 4) is 5.75 Å². The molecule has 0 aliphatic rings. The van der Waals surface area contributed by atoms with Gasteiger partial charge in [-0.05, 0) is 44.7 Å². The van der Waals surface area contributed by atoms with E-state index in [1.807, 2.05) is 13.8 Å². The maximum atomic E-state index is 12.0. The van der Waals surface area contributed by atoms with Crippen LogP contribution in [-0.4, -0.2) is 23.8 Å². The highest BCUT2D eigenvalue weighted by Crippen LogP contribution is 2.26. The third-order valence-electron chi connectivity index (χ3n) is 3.06. The van der Waals surface area contributed by atoms with Crippen LogP contribution >= 0.6 is 0 Å². The standard InChI is InChI=1S/C18H27NO3/c1-13(20)14-8-7-9-15(10-14)22-11-16(21)19-18(5,6)12-17(2,3)4/h7-10H,11-12H2,1-6H3,(H,19,21). The summed E-state index contributed by atoms with van der Waals surface area (Å²) in [5.41, 5.74) is 0.416. The second-order valence-electron chi connectivity index (χ2n) is 7.54. The van der Waals surface area contributed by atoms with Crippen LogP contribution in [0.3, 0.4) is 0 Å². The molecule has 1 amide bonds. The fourth-order valence-corrected chi connectivity index (χ4v) is 2.74. The van der Waals surface area contributed by atoms with E-state index in [2.05, 4.69) is 26.1 Å². The molecular weight excluding hydrogens is 278 g/mol. The van der Waals surface area contributed by atoms with Gasteiger partial charge >= 0.3 is 0 Å². The van der Waals surface area contributed by atoms with E-state index in [0.717, 1.165) is 6.42 Å². The van der Waals surface area contributed by atoms with E-state index < -0.39 is 0 Å². The van der Waals surface area contributed by atoms with Crippen LogP contribution in [0.5, 0.6) is 5.75 Å². The summed E-state index contributed by atoms with van der Waals surface area (Å²) in [4.78, 5) is 23.4. The summed E-state index contributed by atoms with van der Waals surface area (Å²) in [6.45, 7) is 11.9. The molecule has 0 unspecified atom stereocenters. The van der Waals surface area contributed by atoms with Crippen LogP contribution in [0.25, 0.3) is 0 Å². The maximum Gasteiger partial charge on any atom is 0.258 e. The van der Waals surface area contributed by atoms with Gasteiger partial charge in [0.1, 0.15) is 5.75 Å². The van der Waals surface area contributed by atoms with Crippen molar-refractivity contribution in [2.24, 2.45) is 5.41 Å². The Morgan fingerprint density at radius 2 is 1.77 bits per heavy atom. The van der Waals surface area contributed by atoms with Crippen LogP contribution in [-0.2, 0) is 4.79 Å². The summed E-state index contributed by atoms with van der Waals surface area (Å²) in [6, 6.07) is 6.85. The van der Waals surface area contributed by atoms with E-state index in [1.165, 1.54) is 6.92 Å². The van der Waals surface area contributed by atoms with Gasteiger partial charge in [-0.2, -0.15) is 0 Å². The Labute approximate surface area is 133 Å². The quantitative estimate of drug-likeness (QED) is 0.817. The van der Waals surface area contributed by atoms with E-state index in [-0.39, 0.29) is 29.3 Å². The first-order valence-corrected chi connectivity index (χ1v) is 7.53. The SMILES string of the molecule is CC(=O)c1cccc(OCC(=O)NC(C)(C)CC(C)(C)C)c1. The molecule has 0 fully saturated rings. The van der Waals surface area contributed by atoms with Gasteiger partial charge in [0.2, 0.25) is 0 Å². The van der Waals surface area contributed by atoms with Crippen LogP contribution in [0.4, 0.5) is 0 Å². The zero-order valence-corrected chi connectivity index (χ0v) is 14.4. The number of rotatable bonds is 6. The number of hydrogen-bond acceptors (Lipinski definition) is 3. The molecule has 1 rings (SSSR count).